The average molecular weight is 307 g/mol. The van der Waals surface area contributed by atoms with Gasteiger partial charge in [0.25, 0.3) is 5.91 Å². The van der Waals surface area contributed by atoms with Crippen LogP contribution in [0.15, 0.2) is 40.6 Å². The molecule has 6 heteroatoms. The van der Waals surface area contributed by atoms with E-state index in [1.54, 1.807) is 29.3 Å². The molecule has 0 aliphatic heterocycles. The van der Waals surface area contributed by atoms with Crippen molar-refractivity contribution in [1.29, 1.82) is 0 Å². The lowest BCUT2D eigenvalue weighted by Gasteiger charge is -2.06. The maximum Gasteiger partial charge on any atom is 0.340 e. The van der Waals surface area contributed by atoms with Gasteiger partial charge < -0.3 is 10.1 Å². The van der Waals surface area contributed by atoms with E-state index in [0.29, 0.717) is 16.1 Å². The van der Waals surface area contributed by atoms with Crippen LogP contribution in [0.3, 0.4) is 0 Å². The van der Waals surface area contributed by atoms with Crippen LogP contribution in [0.2, 0.25) is 0 Å². The molecule has 1 aromatic carbocycles. The Morgan fingerprint density at radius 3 is 2.80 bits per heavy atom. The molecule has 0 spiro atoms. The fourth-order valence-corrected chi connectivity index (χ4v) is 2.85. The molecule has 2 rings (SSSR count). The Bertz CT molecular complexity index is 637. The number of ether oxygens (including phenoxy) is 1. The van der Waals surface area contributed by atoms with Crippen molar-refractivity contribution in [2.45, 2.75) is 4.90 Å². The van der Waals surface area contributed by atoms with Gasteiger partial charge in [0.05, 0.1) is 12.7 Å². The maximum absolute atomic E-state index is 12.2. The molecule has 20 heavy (non-hydrogen) atoms. The molecule has 2 aromatic rings. The first-order valence-electron chi connectivity index (χ1n) is 5.77. The molecule has 0 saturated heterocycles. The zero-order valence-corrected chi connectivity index (χ0v) is 12.6. The molecule has 0 radical (unpaired) electrons. The van der Waals surface area contributed by atoms with Gasteiger partial charge in [-0.3, -0.25) is 4.79 Å². The number of amides is 1. The van der Waals surface area contributed by atoms with E-state index in [0.717, 1.165) is 4.90 Å². The highest BCUT2D eigenvalue weighted by Gasteiger charge is 2.16. The van der Waals surface area contributed by atoms with Gasteiger partial charge in [-0.15, -0.1) is 23.1 Å². The van der Waals surface area contributed by atoms with Crippen molar-refractivity contribution < 1.29 is 14.3 Å². The van der Waals surface area contributed by atoms with Crippen molar-refractivity contribution in [1.82, 2.24) is 0 Å². The van der Waals surface area contributed by atoms with E-state index in [2.05, 4.69) is 10.1 Å². The van der Waals surface area contributed by atoms with Crippen molar-refractivity contribution in [3.8, 4) is 0 Å². The van der Waals surface area contributed by atoms with Crippen molar-refractivity contribution in [3.63, 3.8) is 0 Å². The molecule has 0 atom stereocenters. The SMILES string of the molecule is COC(=O)c1ccsc1NC(=O)c1cccc(SC)c1. The number of esters is 1. The van der Waals surface area contributed by atoms with Crippen LogP contribution in [0.5, 0.6) is 0 Å². The molecule has 1 amide bonds. The number of benzene rings is 1. The monoisotopic (exact) mass is 307 g/mol. The highest BCUT2D eigenvalue weighted by molar-refractivity contribution is 7.98. The molecule has 1 N–H and O–H groups in total. The number of methoxy groups -OCH3 is 1. The maximum atomic E-state index is 12.2. The summed E-state index contributed by atoms with van der Waals surface area (Å²) < 4.78 is 4.67. The van der Waals surface area contributed by atoms with E-state index in [9.17, 15) is 9.59 Å². The van der Waals surface area contributed by atoms with Crippen LogP contribution in [0.4, 0.5) is 5.00 Å². The van der Waals surface area contributed by atoms with E-state index >= 15 is 0 Å². The number of hydrogen-bond donors (Lipinski definition) is 1. The number of rotatable bonds is 4. The summed E-state index contributed by atoms with van der Waals surface area (Å²) in [5.41, 5.74) is 0.924. The number of thiophene rings is 1. The average Bonchev–Trinajstić information content (AvgIpc) is 2.94. The van der Waals surface area contributed by atoms with Crippen LogP contribution in [-0.4, -0.2) is 25.2 Å². The second-order valence-electron chi connectivity index (χ2n) is 3.84. The molecule has 104 valence electrons. The first-order chi connectivity index (χ1) is 9.65. The summed E-state index contributed by atoms with van der Waals surface area (Å²) >= 11 is 2.86. The number of carbonyl (C=O) groups is 2. The van der Waals surface area contributed by atoms with E-state index in [4.69, 9.17) is 0 Å². The third-order valence-corrected chi connectivity index (χ3v) is 4.18. The van der Waals surface area contributed by atoms with Crippen LogP contribution in [0.25, 0.3) is 0 Å². The second-order valence-corrected chi connectivity index (χ2v) is 5.64. The molecule has 1 aromatic heterocycles. The van der Waals surface area contributed by atoms with Crippen LogP contribution < -0.4 is 5.32 Å². The summed E-state index contributed by atoms with van der Waals surface area (Å²) in [6.45, 7) is 0. The topological polar surface area (TPSA) is 55.4 Å². The molecule has 1 heterocycles. The van der Waals surface area contributed by atoms with Crippen molar-refractivity contribution in [3.05, 3.63) is 46.8 Å². The van der Waals surface area contributed by atoms with Crippen molar-refractivity contribution in [2.75, 3.05) is 18.7 Å². The smallest absolute Gasteiger partial charge is 0.340 e. The number of carbonyl (C=O) groups excluding carboxylic acids is 2. The van der Waals surface area contributed by atoms with Gasteiger partial charge in [0, 0.05) is 10.5 Å². The summed E-state index contributed by atoms with van der Waals surface area (Å²) in [7, 11) is 1.31. The minimum Gasteiger partial charge on any atom is -0.465 e. The summed E-state index contributed by atoms with van der Waals surface area (Å²) in [6.07, 6.45) is 1.95. The van der Waals surface area contributed by atoms with Gasteiger partial charge in [-0.25, -0.2) is 4.79 Å². The van der Waals surface area contributed by atoms with E-state index in [1.165, 1.54) is 18.4 Å². The zero-order chi connectivity index (χ0) is 14.5. The molecule has 0 saturated carbocycles. The lowest BCUT2D eigenvalue weighted by Crippen LogP contribution is -2.13. The quantitative estimate of drug-likeness (QED) is 0.694. The van der Waals surface area contributed by atoms with Gasteiger partial charge in [-0.05, 0) is 35.9 Å². The lowest BCUT2D eigenvalue weighted by molar-refractivity contribution is 0.0602. The Morgan fingerprint density at radius 2 is 2.10 bits per heavy atom. The molecule has 0 unspecified atom stereocenters. The predicted octanol–water partition coefficient (Wildman–Crippen LogP) is 3.51. The Balaban J connectivity index is 2.19. The number of hydrogen-bond acceptors (Lipinski definition) is 5. The third-order valence-electron chi connectivity index (χ3n) is 2.63. The number of anilines is 1. The Labute approximate surface area is 125 Å². The molecule has 0 fully saturated rings. The van der Waals surface area contributed by atoms with Crippen LogP contribution in [0.1, 0.15) is 20.7 Å². The van der Waals surface area contributed by atoms with Gasteiger partial charge >= 0.3 is 5.97 Å². The van der Waals surface area contributed by atoms with E-state index in [1.807, 2.05) is 24.5 Å². The first-order valence-corrected chi connectivity index (χ1v) is 7.87. The van der Waals surface area contributed by atoms with Gasteiger partial charge in [0.15, 0.2) is 0 Å². The highest BCUT2D eigenvalue weighted by Crippen LogP contribution is 2.25. The van der Waals surface area contributed by atoms with E-state index < -0.39 is 5.97 Å². The van der Waals surface area contributed by atoms with Crippen molar-refractivity contribution in [2.24, 2.45) is 0 Å². The fourth-order valence-electron chi connectivity index (χ4n) is 1.62. The standard InChI is InChI=1S/C14H13NO3S2/c1-18-14(17)11-6-7-20-13(11)15-12(16)9-4-3-5-10(8-9)19-2/h3-8H,1-2H3,(H,15,16). The third kappa shape index (κ3) is 3.20. The van der Waals surface area contributed by atoms with Gasteiger partial charge in [0.1, 0.15) is 5.00 Å². The number of nitrogens with one attached hydrogen (secondary N) is 1. The molecular formula is C14H13NO3S2. The second kappa shape index (κ2) is 6.58. The Hall–Kier alpha value is -1.79. The van der Waals surface area contributed by atoms with Gasteiger partial charge in [-0.2, -0.15) is 0 Å². The highest BCUT2D eigenvalue weighted by atomic mass is 32.2. The van der Waals surface area contributed by atoms with Crippen LogP contribution in [-0.2, 0) is 4.74 Å². The molecule has 0 aliphatic rings. The van der Waals surface area contributed by atoms with Gasteiger partial charge in [0.2, 0.25) is 0 Å². The minimum absolute atomic E-state index is 0.242. The first kappa shape index (κ1) is 14.6. The van der Waals surface area contributed by atoms with Gasteiger partial charge in [-0.1, -0.05) is 6.07 Å². The lowest BCUT2D eigenvalue weighted by atomic mass is 10.2. The van der Waals surface area contributed by atoms with Crippen LogP contribution in [0, 0.1) is 0 Å². The van der Waals surface area contributed by atoms with E-state index in [-0.39, 0.29) is 5.91 Å². The molecule has 0 bridgehead atoms. The van der Waals surface area contributed by atoms with Crippen LogP contribution >= 0.6 is 23.1 Å². The fraction of sp³-hybridized carbons (Fsp3) is 0.143. The predicted molar refractivity (Wildman–Crippen MR) is 81.8 cm³/mol. The Kier molecular flexibility index (Phi) is 4.81. The van der Waals surface area contributed by atoms with Crippen molar-refractivity contribution >= 4 is 40.0 Å². The summed E-state index contributed by atoms with van der Waals surface area (Å²) in [5, 5.41) is 4.98. The molecule has 0 aliphatic carbocycles. The molecule has 4 nitrogen and oxygen atoms in total. The summed E-state index contributed by atoms with van der Waals surface area (Å²) in [5.74, 6) is -0.701. The normalized spacial score (nSPS) is 10.1. The summed E-state index contributed by atoms with van der Waals surface area (Å²) in [4.78, 5) is 24.7. The minimum atomic E-state index is -0.459. The zero-order valence-electron chi connectivity index (χ0n) is 11.0. The Morgan fingerprint density at radius 1 is 1.30 bits per heavy atom. The molecular weight excluding hydrogens is 294 g/mol. The largest absolute Gasteiger partial charge is 0.465 e. The summed E-state index contributed by atoms with van der Waals surface area (Å²) in [6, 6.07) is 8.94. The number of thioether (sulfide) groups is 1.